The predicted molar refractivity (Wildman–Crippen MR) is 96.6 cm³/mol. The Morgan fingerprint density at radius 3 is 2.46 bits per heavy atom. The van der Waals surface area contributed by atoms with E-state index in [1.807, 2.05) is 0 Å². The number of amides is 1. The van der Waals surface area contributed by atoms with Gasteiger partial charge in [0.1, 0.15) is 10.7 Å². The highest BCUT2D eigenvalue weighted by Crippen LogP contribution is 2.24. The predicted octanol–water partition coefficient (Wildman–Crippen LogP) is 2.95. The van der Waals surface area contributed by atoms with Gasteiger partial charge in [0.2, 0.25) is 15.9 Å². The van der Waals surface area contributed by atoms with Crippen LogP contribution < -0.4 is 5.32 Å². The summed E-state index contributed by atoms with van der Waals surface area (Å²) in [6.07, 6.45) is 1.77. The van der Waals surface area contributed by atoms with Crippen molar-refractivity contribution in [2.45, 2.75) is 30.3 Å². The third kappa shape index (κ3) is 4.41. The number of hydrogen-bond acceptors (Lipinski definition) is 3. The first-order valence-corrected chi connectivity index (χ1v) is 9.97. The summed E-state index contributed by atoms with van der Waals surface area (Å²) < 4.78 is 41.0. The van der Waals surface area contributed by atoms with Crippen LogP contribution in [-0.4, -0.2) is 31.2 Å². The van der Waals surface area contributed by atoms with Crippen LogP contribution in [0.4, 0.5) is 4.39 Å². The third-order valence-corrected chi connectivity index (χ3v) is 6.22. The summed E-state index contributed by atoms with van der Waals surface area (Å²) in [7, 11) is -4.22. The summed E-state index contributed by atoms with van der Waals surface area (Å²) in [5.41, 5.74) is 0.535. The van der Waals surface area contributed by atoms with Crippen molar-refractivity contribution in [2.75, 3.05) is 6.54 Å². The molecule has 1 amide bonds. The van der Waals surface area contributed by atoms with Crippen LogP contribution in [0.5, 0.6) is 0 Å². The zero-order valence-electron chi connectivity index (χ0n) is 13.9. The Morgan fingerprint density at radius 1 is 1.15 bits per heavy atom. The number of benzene rings is 2. The molecular weight excluding hydrogens is 379 g/mol. The summed E-state index contributed by atoms with van der Waals surface area (Å²) in [6, 6.07) is 12.0. The van der Waals surface area contributed by atoms with Crippen molar-refractivity contribution in [2.24, 2.45) is 0 Å². The Bertz CT molecular complexity index is 916. The van der Waals surface area contributed by atoms with Crippen LogP contribution in [0.3, 0.4) is 0 Å². The number of carbonyl (C=O) groups is 1. The van der Waals surface area contributed by atoms with Gasteiger partial charge in [0.15, 0.2) is 0 Å². The van der Waals surface area contributed by atoms with Crippen LogP contribution >= 0.6 is 11.6 Å². The molecule has 2 aromatic carbocycles. The third-order valence-electron chi connectivity index (χ3n) is 4.02. The Hall–Kier alpha value is -1.96. The lowest BCUT2D eigenvalue weighted by atomic mass is 10.2. The number of sulfonamides is 1. The van der Waals surface area contributed by atoms with Crippen LogP contribution in [0.25, 0.3) is 0 Å². The highest BCUT2D eigenvalue weighted by molar-refractivity contribution is 7.89. The minimum Gasteiger partial charge on any atom is -0.352 e. The van der Waals surface area contributed by atoms with Crippen LogP contribution in [0, 0.1) is 5.82 Å². The van der Waals surface area contributed by atoms with E-state index < -0.39 is 33.2 Å². The summed E-state index contributed by atoms with van der Waals surface area (Å²) in [5.74, 6) is -1.28. The number of halogens is 2. The Balaban J connectivity index is 1.92. The van der Waals surface area contributed by atoms with Gasteiger partial charge in [0.25, 0.3) is 0 Å². The van der Waals surface area contributed by atoms with E-state index in [-0.39, 0.29) is 12.6 Å². The molecule has 5 nitrogen and oxygen atoms in total. The highest BCUT2D eigenvalue weighted by Gasteiger charge is 2.31. The maximum absolute atomic E-state index is 14.1. The second kappa shape index (κ2) is 7.73. The lowest BCUT2D eigenvalue weighted by molar-refractivity contribution is -0.121. The molecule has 1 aliphatic carbocycles. The molecule has 0 atom stereocenters. The van der Waals surface area contributed by atoms with Gasteiger partial charge in [-0.1, -0.05) is 41.9 Å². The average Bonchev–Trinajstić information content (AvgIpc) is 3.40. The Kier molecular flexibility index (Phi) is 5.60. The maximum Gasteiger partial charge on any atom is 0.246 e. The molecule has 0 unspecified atom stereocenters. The minimum absolute atomic E-state index is 0.0980. The topological polar surface area (TPSA) is 66.5 Å². The quantitative estimate of drug-likeness (QED) is 0.782. The van der Waals surface area contributed by atoms with Gasteiger partial charge in [-0.2, -0.15) is 4.31 Å². The summed E-state index contributed by atoms with van der Waals surface area (Å²) in [6.45, 7) is -0.535. The molecule has 0 aromatic heterocycles. The SMILES string of the molecule is O=C(CN(Cc1ccccc1Cl)S(=O)(=O)c1ccccc1F)NC1CC1. The van der Waals surface area contributed by atoms with Crippen molar-refractivity contribution in [1.82, 2.24) is 9.62 Å². The van der Waals surface area contributed by atoms with Crippen molar-refractivity contribution in [1.29, 1.82) is 0 Å². The Labute approximate surface area is 156 Å². The van der Waals surface area contributed by atoms with E-state index in [4.69, 9.17) is 11.6 Å². The molecule has 0 saturated heterocycles. The number of nitrogens with zero attached hydrogens (tertiary/aromatic N) is 1. The zero-order chi connectivity index (χ0) is 18.7. The van der Waals surface area contributed by atoms with Gasteiger partial charge < -0.3 is 5.32 Å². The normalized spacial score (nSPS) is 14.4. The fraction of sp³-hybridized carbons (Fsp3) is 0.278. The van der Waals surface area contributed by atoms with Gasteiger partial charge >= 0.3 is 0 Å². The number of rotatable bonds is 7. The van der Waals surface area contributed by atoms with E-state index >= 15 is 0 Å². The van der Waals surface area contributed by atoms with Gasteiger partial charge in [0.05, 0.1) is 6.54 Å². The van der Waals surface area contributed by atoms with Crippen LogP contribution in [0.15, 0.2) is 53.4 Å². The first-order valence-electron chi connectivity index (χ1n) is 8.15. The fourth-order valence-corrected chi connectivity index (χ4v) is 4.13. The largest absolute Gasteiger partial charge is 0.352 e. The summed E-state index contributed by atoms with van der Waals surface area (Å²) in [5, 5.41) is 3.13. The number of carbonyl (C=O) groups excluding carboxylic acids is 1. The maximum atomic E-state index is 14.1. The first kappa shape index (κ1) is 18.8. The first-order chi connectivity index (χ1) is 12.4. The Morgan fingerprint density at radius 2 is 1.81 bits per heavy atom. The van der Waals surface area contributed by atoms with Gasteiger partial charge in [-0.05, 0) is 36.6 Å². The zero-order valence-corrected chi connectivity index (χ0v) is 15.4. The van der Waals surface area contributed by atoms with E-state index in [9.17, 15) is 17.6 Å². The summed E-state index contributed by atoms with van der Waals surface area (Å²) >= 11 is 6.13. The average molecular weight is 397 g/mol. The molecule has 8 heteroatoms. The molecule has 3 rings (SSSR count). The van der Waals surface area contributed by atoms with E-state index in [2.05, 4.69) is 5.32 Å². The fourth-order valence-electron chi connectivity index (χ4n) is 2.50. The molecule has 0 aliphatic heterocycles. The molecule has 0 bridgehead atoms. The molecule has 1 N–H and O–H groups in total. The second-order valence-electron chi connectivity index (χ2n) is 6.14. The van der Waals surface area contributed by atoms with Crippen molar-refractivity contribution in [3.05, 3.63) is 64.9 Å². The van der Waals surface area contributed by atoms with Crippen LogP contribution in [-0.2, 0) is 21.4 Å². The molecule has 0 heterocycles. The molecule has 2 aromatic rings. The standard InChI is InChI=1S/C18H18ClFN2O3S/c19-15-6-2-1-5-13(15)11-22(12-18(23)21-14-9-10-14)26(24,25)17-8-4-3-7-16(17)20/h1-8,14H,9-12H2,(H,21,23). The van der Waals surface area contributed by atoms with E-state index in [1.54, 1.807) is 24.3 Å². The summed E-state index contributed by atoms with van der Waals surface area (Å²) in [4.78, 5) is 11.7. The minimum atomic E-state index is -4.22. The van der Waals surface area contributed by atoms with Crippen LogP contribution in [0.1, 0.15) is 18.4 Å². The molecule has 1 saturated carbocycles. The van der Waals surface area contributed by atoms with E-state index in [0.29, 0.717) is 10.6 Å². The lowest BCUT2D eigenvalue weighted by Gasteiger charge is -2.22. The molecule has 1 aliphatic rings. The van der Waals surface area contributed by atoms with Crippen LogP contribution in [0.2, 0.25) is 5.02 Å². The monoisotopic (exact) mass is 396 g/mol. The molecule has 138 valence electrons. The van der Waals surface area contributed by atoms with E-state index in [0.717, 1.165) is 23.2 Å². The van der Waals surface area contributed by atoms with Crippen molar-refractivity contribution >= 4 is 27.5 Å². The molecule has 26 heavy (non-hydrogen) atoms. The highest BCUT2D eigenvalue weighted by atomic mass is 35.5. The van der Waals surface area contributed by atoms with Gasteiger partial charge in [-0.3, -0.25) is 4.79 Å². The molecular formula is C18H18ClFN2O3S. The van der Waals surface area contributed by atoms with Gasteiger partial charge in [-0.15, -0.1) is 0 Å². The second-order valence-corrected chi connectivity index (χ2v) is 8.45. The van der Waals surface area contributed by atoms with Crippen molar-refractivity contribution < 1.29 is 17.6 Å². The number of nitrogens with one attached hydrogen (secondary N) is 1. The molecule has 0 radical (unpaired) electrons. The lowest BCUT2D eigenvalue weighted by Crippen LogP contribution is -2.41. The smallest absolute Gasteiger partial charge is 0.246 e. The molecule has 0 spiro atoms. The van der Waals surface area contributed by atoms with Gasteiger partial charge in [-0.25, -0.2) is 12.8 Å². The van der Waals surface area contributed by atoms with Crippen molar-refractivity contribution in [3.8, 4) is 0 Å². The van der Waals surface area contributed by atoms with Crippen molar-refractivity contribution in [3.63, 3.8) is 0 Å². The van der Waals surface area contributed by atoms with Gasteiger partial charge in [0, 0.05) is 17.6 Å². The number of hydrogen-bond donors (Lipinski definition) is 1. The molecule has 1 fully saturated rings. The van der Waals surface area contributed by atoms with E-state index in [1.165, 1.54) is 18.2 Å².